The quantitative estimate of drug-likeness (QED) is 0.823. The first kappa shape index (κ1) is 16.0. The first-order valence-electron chi connectivity index (χ1n) is 7.42. The SMILES string of the molecule is Cc1ccc(CNC(=O)CN(CCO)c2ccccc2)cc1. The van der Waals surface area contributed by atoms with Gasteiger partial charge in [-0.2, -0.15) is 0 Å². The van der Waals surface area contributed by atoms with Crippen molar-refractivity contribution in [1.29, 1.82) is 0 Å². The number of nitrogens with zero attached hydrogens (tertiary/aromatic N) is 1. The molecule has 2 rings (SSSR count). The lowest BCUT2D eigenvalue weighted by molar-refractivity contribution is -0.119. The molecule has 0 bridgehead atoms. The fraction of sp³-hybridized carbons (Fsp3) is 0.278. The average molecular weight is 298 g/mol. The maximum Gasteiger partial charge on any atom is 0.239 e. The lowest BCUT2D eigenvalue weighted by Crippen LogP contribution is -2.38. The second-order valence-corrected chi connectivity index (χ2v) is 5.24. The van der Waals surface area contributed by atoms with Crippen LogP contribution in [0, 0.1) is 6.92 Å². The Balaban J connectivity index is 1.89. The predicted molar refractivity (Wildman–Crippen MR) is 88.8 cm³/mol. The number of nitrogens with one attached hydrogen (secondary N) is 1. The molecule has 116 valence electrons. The van der Waals surface area contributed by atoms with E-state index >= 15 is 0 Å². The minimum atomic E-state index is -0.0575. The summed E-state index contributed by atoms with van der Waals surface area (Å²) in [6, 6.07) is 17.7. The highest BCUT2D eigenvalue weighted by Crippen LogP contribution is 2.12. The molecule has 0 spiro atoms. The van der Waals surface area contributed by atoms with Crippen molar-refractivity contribution in [2.24, 2.45) is 0 Å². The Morgan fingerprint density at radius 2 is 1.77 bits per heavy atom. The summed E-state index contributed by atoms with van der Waals surface area (Å²) in [6.07, 6.45) is 0. The number of carbonyl (C=O) groups excluding carboxylic acids is 1. The molecule has 0 atom stereocenters. The lowest BCUT2D eigenvalue weighted by atomic mass is 10.1. The van der Waals surface area contributed by atoms with Crippen molar-refractivity contribution in [1.82, 2.24) is 5.32 Å². The molecule has 1 amide bonds. The van der Waals surface area contributed by atoms with Crippen molar-refractivity contribution in [2.45, 2.75) is 13.5 Å². The number of carbonyl (C=O) groups is 1. The maximum atomic E-state index is 12.1. The van der Waals surface area contributed by atoms with Crippen molar-refractivity contribution in [2.75, 3.05) is 24.6 Å². The Hall–Kier alpha value is -2.33. The number of aryl methyl sites for hydroxylation is 1. The molecule has 0 fully saturated rings. The summed E-state index contributed by atoms with van der Waals surface area (Å²) in [5, 5.41) is 12.1. The Morgan fingerprint density at radius 1 is 1.09 bits per heavy atom. The highest BCUT2D eigenvalue weighted by atomic mass is 16.3. The summed E-state index contributed by atoms with van der Waals surface area (Å²) in [5.41, 5.74) is 3.21. The van der Waals surface area contributed by atoms with Crippen LogP contribution in [0.15, 0.2) is 54.6 Å². The normalized spacial score (nSPS) is 10.3. The molecule has 0 unspecified atom stereocenters. The van der Waals surface area contributed by atoms with Gasteiger partial charge in [-0.1, -0.05) is 48.0 Å². The minimum Gasteiger partial charge on any atom is -0.395 e. The van der Waals surface area contributed by atoms with E-state index < -0.39 is 0 Å². The van der Waals surface area contributed by atoms with E-state index in [1.54, 1.807) is 0 Å². The van der Waals surface area contributed by atoms with Gasteiger partial charge < -0.3 is 15.3 Å². The average Bonchev–Trinajstić information content (AvgIpc) is 2.55. The number of aliphatic hydroxyl groups is 1. The third-order valence-corrected chi connectivity index (χ3v) is 3.44. The number of benzene rings is 2. The molecule has 4 heteroatoms. The van der Waals surface area contributed by atoms with Gasteiger partial charge >= 0.3 is 0 Å². The molecule has 0 saturated heterocycles. The second kappa shape index (κ2) is 8.20. The zero-order chi connectivity index (χ0) is 15.8. The van der Waals surface area contributed by atoms with Gasteiger partial charge in [-0.25, -0.2) is 0 Å². The van der Waals surface area contributed by atoms with Gasteiger partial charge in [0.05, 0.1) is 13.2 Å². The van der Waals surface area contributed by atoms with E-state index in [4.69, 9.17) is 0 Å². The van der Waals surface area contributed by atoms with Gasteiger partial charge in [-0.15, -0.1) is 0 Å². The van der Waals surface area contributed by atoms with E-state index in [1.165, 1.54) is 5.56 Å². The fourth-order valence-electron chi connectivity index (χ4n) is 2.19. The van der Waals surface area contributed by atoms with Gasteiger partial charge in [-0.05, 0) is 24.6 Å². The molecule has 0 aliphatic rings. The molecule has 0 aromatic heterocycles. The molecular formula is C18H22N2O2. The summed E-state index contributed by atoms with van der Waals surface area (Å²) < 4.78 is 0. The molecule has 0 aliphatic heterocycles. The number of hydrogen-bond acceptors (Lipinski definition) is 3. The summed E-state index contributed by atoms with van der Waals surface area (Å²) >= 11 is 0. The van der Waals surface area contributed by atoms with Crippen molar-refractivity contribution >= 4 is 11.6 Å². The molecule has 2 N–H and O–H groups in total. The third-order valence-electron chi connectivity index (χ3n) is 3.44. The number of para-hydroxylation sites is 1. The van der Waals surface area contributed by atoms with Crippen LogP contribution < -0.4 is 10.2 Å². The van der Waals surface area contributed by atoms with E-state index in [9.17, 15) is 9.90 Å². The molecule has 0 radical (unpaired) electrons. The third kappa shape index (κ3) is 4.90. The summed E-state index contributed by atoms with van der Waals surface area (Å²) in [5.74, 6) is -0.0575. The maximum absolute atomic E-state index is 12.1. The highest BCUT2D eigenvalue weighted by Gasteiger charge is 2.10. The summed E-state index contributed by atoms with van der Waals surface area (Å²) in [4.78, 5) is 14.0. The summed E-state index contributed by atoms with van der Waals surface area (Å²) in [7, 11) is 0. The van der Waals surface area contributed by atoms with Gasteiger partial charge in [0.2, 0.25) is 5.91 Å². The second-order valence-electron chi connectivity index (χ2n) is 5.24. The van der Waals surface area contributed by atoms with E-state index in [0.29, 0.717) is 13.1 Å². The van der Waals surface area contributed by atoms with E-state index in [0.717, 1.165) is 11.3 Å². The fourth-order valence-corrected chi connectivity index (χ4v) is 2.19. The predicted octanol–water partition coefficient (Wildman–Crippen LogP) is 2.11. The number of aliphatic hydroxyl groups excluding tert-OH is 1. The van der Waals surface area contributed by atoms with Crippen molar-refractivity contribution in [3.8, 4) is 0 Å². The Labute approximate surface area is 131 Å². The van der Waals surface area contributed by atoms with Crippen LogP contribution in [0.1, 0.15) is 11.1 Å². The van der Waals surface area contributed by atoms with Gasteiger partial charge in [0, 0.05) is 18.8 Å². The standard InChI is InChI=1S/C18H22N2O2/c1-15-7-9-16(10-8-15)13-19-18(22)14-20(11-12-21)17-5-3-2-4-6-17/h2-10,21H,11-14H2,1H3,(H,19,22). The van der Waals surface area contributed by atoms with Crippen molar-refractivity contribution in [3.63, 3.8) is 0 Å². The molecule has 0 saturated carbocycles. The molecule has 2 aromatic rings. The minimum absolute atomic E-state index is 0.0140. The largest absolute Gasteiger partial charge is 0.395 e. The lowest BCUT2D eigenvalue weighted by Gasteiger charge is -2.23. The van der Waals surface area contributed by atoms with Crippen molar-refractivity contribution < 1.29 is 9.90 Å². The van der Waals surface area contributed by atoms with Crippen LogP contribution in [-0.2, 0) is 11.3 Å². The van der Waals surface area contributed by atoms with Crippen LogP contribution in [0.2, 0.25) is 0 Å². The first-order valence-corrected chi connectivity index (χ1v) is 7.42. The highest BCUT2D eigenvalue weighted by molar-refractivity contribution is 5.81. The van der Waals surface area contributed by atoms with Crippen LogP contribution in [0.3, 0.4) is 0 Å². The van der Waals surface area contributed by atoms with Gasteiger partial charge in [0.1, 0.15) is 0 Å². The zero-order valence-electron chi connectivity index (χ0n) is 12.8. The molecule has 2 aromatic carbocycles. The number of hydrogen-bond donors (Lipinski definition) is 2. The molecular weight excluding hydrogens is 276 g/mol. The van der Waals surface area contributed by atoms with Crippen molar-refractivity contribution in [3.05, 3.63) is 65.7 Å². The first-order chi connectivity index (χ1) is 10.7. The van der Waals surface area contributed by atoms with E-state index in [2.05, 4.69) is 5.32 Å². The van der Waals surface area contributed by atoms with Crippen LogP contribution in [-0.4, -0.2) is 30.7 Å². The monoisotopic (exact) mass is 298 g/mol. The molecule has 0 aliphatic carbocycles. The van der Waals surface area contributed by atoms with Gasteiger partial charge in [-0.3, -0.25) is 4.79 Å². The number of amides is 1. The topological polar surface area (TPSA) is 52.6 Å². The zero-order valence-corrected chi connectivity index (χ0v) is 12.8. The van der Waals surface area contributed by atoms with E-state index in [1.807, 2.05) is 66.4 Å². The summed E-state index contributed by atoms with van der Waals surface area (Å²) in [6.45, 7) is 3.23. The van der Waals surface area contributed by atoms with Crippen LogP contribution in [0.25, 0.3) is 0 Å². The smallest absolute Gasteiger partial charge is 0.239 e. The Kier molecular flexibility index (Phi) is 5.98. The van der Waals surface area contributed by atoms with Crippen LogP contribution in [0.4, 0.5) is 5.69 Å². The Morgan fingerprint density at radius 3 is 2.41 bits per heavy atom. The molecule has 0 heterocycles. The molecule has 4 nitrogen and oxygen atoms in total. The van der Waals surface area contributed by atoms with Gasteiger partial charge in [0.25, 0.3) is 0 Å². The van der Waals surface area contributed by atoms with Crippen LogP contribution >= 0.6 is 0 Å². The van der Waals surface area contributed by atoms with Gasteiger partial charge in [0.15, 0.2) is 0 Å². The van der Waals surface area contributed by atoms with E-state index in [-0.39, 0.29) is 19.1 Å². The number of rotatable bonds is 7. The molecule has 22 heavy (non-hydrogen) atoms. The Bertz CT molecular complexity index is 582. The van der Waals surface area contributed by atoms with Crippen LogP contribution in [0.5, 0.6) is 0 Å². The number of anilines is 1.